The Morgan fingerprint density at radius 1 is 1.26 bits per heavy atom. The quantitative estimate of drug-likeness (QED) is 0.495. The minimum Gasteiger partial charge on any atom is -0.394 e. The number of amides is 2. The number of aliphatic hydroxyl groups excluding tert-OH is 1. The molecular weight excluding hydrogens is 482 g/mol. The predicted octanol–water partition coefficient (Wildman–Crippen LogP) is 4.09. The first-order valence-corrected chi connectivity index (χ1v) is 11.2. The highest BCUT2D eigenvalue weighted by atomic mass is 35.5. The van der Waals surface area contributed by atoms with Crippen LogP contribution in [0.25, 0.3) is 11.3 Å². The number of hydrogen-bond donors (Lipinski definition) is 2. The Morgan fingerprint density at radius 2 is 2.03 bits per heavy atom. The van der Waals surface area contributed by atoms with Gasteiger partial charge in [-0.15, -0.1) is 0 Å². The first kappa shape index (κ1) is 24.1. The summed E-state index contributed by atoms with van der Waals surface area (Å²) in [5.74, 6) is -1.24. The zero-order valence-corrected chi connectivity index (χ0v) is 19.9. The van der Waals surface area contributed by atoms with Gasteiger partial charge in [0.15, 0.2) is 0 Å². The molecule has 1 unspecified atom stereocenters. The number of carbonyl (C=O) groups excluding carboxylic acids is 2. The van der Waals surface area contributed by atoms with Gasteiger partial charge < -0.3 is 15.3 Å². The molecule has 2 heterocycles. The van der Waals surface area contributed by atoms with Crippen molar-refractivity contribution in [3.8, 4) is 11.3 Å². The Kier molecular flexibility index (Phi) is 6.84. The lowest BCUT2D eigenvalue weighted by Crippen LogP contribution is -2.46. The van der Waals surface area contributed by atoms with E-state index in [2.05, 4.69) is 15.3 Å². The van der Waals surface area contributed by atoms with Crippen molar-refractivity contribution < 1.29 is 19.1 Å². The fraction of sp³-hybridized carbons (Fsp3) is 0.250. The van der Waals surface area contributed by atoms with Crippen LogP contribution in [0, 0.1) is 12.7 Å². The van der Waals surface area contributed by atoms with Gasteiger partial charge in [0.2, 0.25) is 11.2 Å². The largest absolute Gasteiger partial charge is 0.394 e. The summed E-state index contributed by atoms with van der Waals surface area (Å²) in [5.41, 5.74) is 3.30. The number of rotatable bonds is 6. The van der Waals surface area contributed by atoms with E-state index in [0.29, 0.717) is 33.0 Å². The SMILES string of the molecule is Cc1cc(F)cc([C@@H](CO)NC(=O)C(C)N2Cc3ccc(-c4nc(Cl)ncc4Cl)cc3C2=O)c1. The molecule has 2 atom stereocenters. The van der Waals surface area contributed by atoms with Gasteiger partial charge in [-0.25, -0.2) is 14.4 Å². The van der Waals surface area contributed by atoms with Crippen molar-refractivity contribution >= 4 is 35.0 Å². The lowest BCUT2D eigenvalue weighted by molar-refractivity contribution is -0.126. The van der Waals surface area contributed by atoms with Gasteiger partial charge in [-0.2, -0.15) is 0 Å². The van der Waals surface area contributed by atoms with Gasteiger partial charge in [0, 0.05) is 17.7 Å². The van der Waals surface area contributed by atoms with Gasteiger partial charge >= 0.3 is 0 Å². The van der Waals surface area contributed by atoms with Crippen LogP contribution in [0.1, 0.15) is 40.0 Å². The molecular formula is C24H21Cl2FN4O3. The number of hydrogen-bond acceptors (Lipinski definition) is 5. The van der Waals surface area contributed by atoms with Crippen molar-refractivity contribution in [2.75, 3.05) is 6.61 Å². The van der Waals surface area contributed by atoms with E-state index in [0.717, 1.165) is 5.56 Å². The molecule has 10 heteroatoms. The molecule has 0 bridgehead atoms. The van der Waals surface area contributed by atoms with Gasteiger partial charge in [0.05, 0.1) is 29.6 Å². The average Bonchev–Trinajstić information content (AvgIpc) is 3.13. The summed E-state index contributed by atoms with van der Waals surface area (Å²) < 4.78 is 13.8. The Bertz CT molecular complexity index is 1270. The minimum absolute atomic E-state index is 0.0325. The van der Waals surface area contributed by atoms with E-state index in [9.17, 15) is 19.1 Å². The summed E-state index contributed by atoms with van der Waals surface area (Å²) in [5, 5.41) is 12.8. The zero-order chi connectivity index (χ0) is 24.6. The minimum atomic E-state index is -0.830. The number of fused-ring (bicyclic) bond motifs is 1. The second kappa shape index (κ2) is 9.66. The summed E-state index contributed by atoms with van der Waals surface area (Å²) in [6, 6.07) is 7.91. The van der Waals surface area contributed by atoms with Crippen LogP contribution in [0.2, 0.25) is 10.3 Å². The maximum absolute atomic E-state index is 13.8. The summed E-state index contributed by atoms with van der Waals surface area (Å²) in [6.07, 6.45) is 1.39. The van der Waals surface area contributed by atoms with Crippen LogP contribution in [-0.2, 0) is 11.3 Å². The lowest BCUT2D eigenvalue weighted by atomic mass is 10.0. The topological polar surface area (TPSA) is 95.4 Å². The third-order valence-electron chi connectivity index (χ3n) is 5.74. The van der Waals surface area contributed by atoms with Crippen molar-refractivity contribution in [3.63, 3.8) is 0 Å². The Labute approximate surface area is 205 Å². The molecule has 3 aromatic rings. The average molecular weight is 503 g/mol. The highest BCUT2D eigenvalue weighted by Crippen LogP contribution is 2.32. The number of carbonyl (C=O) groups is 2. The third-order valence-corrected chi connectivity index (χ3v) is 6.20. The summed E-state index contributed by atoms with van der Waals surface area (Å²) in [4.78, 5) is 35.5. The van der Waals surface area contributed by atoms with Crippen LogP contribution < -0.4 is 5.32 Å². The zero-order valence-electron chi connectivity index (χ0n) is 18.3. The molecule has 2 aromatic carbocycles. The monoisotopic (exact) mass is 502 g/mol. The predicted molar refractivity (Wildman–Crippen MR) is 126 cm³/mol. The van der Waals surface area contributed by atoms with Crippen molar-refractivity contribution in [2.45, 2.75) is 32.5 Å². The highest BCUT2D eigenvalue weighted by molar-refractivity contribution is 6.33. The van der Waals surface area contributed by atoms with Crippen LogP contribution in [0.4, 0.5) is 4.39 Å². The van der Waals surface area contributed by atoms with E-state index in [1.165, 1.54) is 23.2 Å². The van der Waals surface area contributed by atoms with Crippen LogP contribution in [-0.4, -0.2) is 44.4 Å². The Hall–Kier alpha value is -3.07. The number of aliphatic hydroxyl groups is 1. The summed E-state index contributed by atoms with van der Waals surface area (Å²) in [7, 11) is 0. The normalized spacial score (nSPS) is 14.6. The first-order chi connectivity index (χ1) is 16.2. The highest BCUT2D eigenvalue weighted by Gasteiger charge is 2.35. The fourth-order valence-corrected chi connectivity index (χ4v) is 4.30. The van der Waals surface area contributed by atoms with E-state index < -0.39 is 30.4 Å². The van der Waals surface area contributed by atoms with Gasteiger partial charge in [-0.05, 0) is 60.3 Å². The second-order valence-corrected chi connectivity index (χ2v) is 8.87. The molecule has 1 aliphatic rings. The number of nitrogens with zero attached hydrogens (tertiary/aromatic N) is 3. The fourth-order valence-electron chi connectivity index (χ4n) is 3.97. The molecule has 2 amide bonds. The molecule has 0 spiro atoms. The molecule has 2 N–H and O–H groups in total. The molecule has 0 radical (unpaired) electrons. The molecule has 0 fully saturated rings. The van der Waals surface area contributed by atoms with E-state index in [-0.39, 0.29) is 17.7 Å². The first-order valence-electron chi connectivity index (χ1n) is 10.5. The maximum atomic E-state index is 13.8. The number of aryl methyl sites for hydroxylation is 1. The molecule has 1 aromatic heterocycles. The standard InChI is InChI=1S/C24H21Cl2FN4O3/c1-12-5-16(7-17(27)6-12)20(11-32)29-22(33)13(2)31-10-15-4-3-14(8-18(15)23(31)34)21-19(25)9-28-24(26)30-21/h3-9,13,20,32H,10-11H2,1-2H3,(H,29,33)/t13?,20-/m1/s1. The van der Waals surface area contributed by atoms with E-state index >= 15 is 0 Å². The molecule has 0 saturated carbocycles. The van der Waals surface area contributed by atoms with Gasteiger partial charge in [0.25, 0.3) is 5.91 Å². The summed E-state index contributed by atoms with van der Waals surface area (Å²) in [6.45, 7) is 3.15. The maximum Gasteiger partial charge on any atom is 0.255 e. The Balaban J connectivity index is 1.53. The molecule has 0 saturated heterocycles. The van der Waals surface area contributed by atoms with Gasteiger partial charge in [-0.3, -0.25) is 9.59 Å². The number of nitrogens with one attached hydrogen (secondary N) is 1. The smallest absolute Gasteiger partial charge is 0.255 e. The van der Waals surface area contributed by atoms with Crippen LogP contribution in [0.5, 0.6) is 0 Å². The third kappa shape index (κ3) is 4.75. The van der Waals surface area contributed by atoms with Crippen LogP contribution in [0.3, 0.4) is 0 Å². The molecule has 4 rings (SSSR count). The van der Waals surface area contributed by atoms with Gasteiger partial charge in [0.1, 0.15) is 11.9 Å². The number of aromatic nitrogens is 2. The van der Waals surface area contributed by atoms with E-state index in [4.69, 9.17) is 23.2 Å². The van der Waals surface area contributed by atoms with Crippen LogP contribution in [0.15, 0.2) is 42.6 Å². The second-order valence-electron chi connectivity index (χ2n) is 8.12. The molecule has 176 valence electrons. The molecule has 0 aliphatic carbocycles. The lowest BCUT2D eigenvalue weighted by Gasteiger charge is -2.26. The van der Waals surface area contributed by atoms with Crippen molar-refractivity contribution in [3.05, 3.63) is 81.0 Å². The number of benzene rings is 2. The number of halogens is 3. The molecule has 7 nitrogen and oxygen atoms in total. The van der Waals surface area contributed by atoms with Crippen molar-refractivity contribution in [1.29, 1.82) is 0 Å². The van der Waals surface area contributed by atoms with Crippen LogP contribution >= 0.6 is 23.2 Å². The van der Waals surface area contributed by atoms with Crippen molar-refractivity contribution in [2.24, 2.45) is 0 Å². The summed E-state index contributed by atoms with van der Waals surface area (Å²) >= 11 is 12.1. The molecule has 34 heavy (non-hydrogen) atoms. The Morgan fingerprint density at radius 3 is 2.74 bits per heavy atom. The van der Waals surface area contributed by atoms with Crippen molar-refractivity contribution in [1.82, 2.24) is 20.2 Å². The van der Waals surface area contributed by atoms with Gasteiger partial charge in [-0.1, -0.05) is 29.8 Å². The van der Waals surface area contributed by atoms with E-state index in [1.807, 2.05) is 0 Å². The van der Waals surface area contributed by atoms with E-state index in [1.54, 1.807) is 38.1 Å². The molecule has 1 aliphatic heterocycles.